The molecule has 0 radical (unpaired) electrons. The number of carbonyl (C=O) groups is 5. The molecule has 0 amide bonds. The molecule has 0 N–H and O–H groups in total. The van der Waals surface area contributed by atoms with Gasteiger partial charge in [-0.15, -0.1) is 0 Å². The first kappa shape index (κ1) is 28.0. The van der Waals surface area contributed by atoms with Crippen molar-refractivity contribution in [3.63, 3.8) is 0 Å². The molecule has 1 aliphatic heterocycles. The zero-order valence-corrected chi connectivity index (χ0v) is 21.0. The quantitative estimate of drug-likeness (QED) is 0.228. The van der Waals surface area contributed by atoms with Crippen molar-refractivity contribution in [2.45, 2.75) is 33.3 Å². The minimum atomic E-state index is -1.93. The number of esters is 3. The van der Waals surface area contributed by atoms with Gasteiger partial charge < -0.3 is 29.3 Å². The van der Waals surface area contributed by atoms with Crippen molar-refractivity contribution >= 4 is 29.8 Å². The summed E-state index contributed by atoms with van der Waals surface area (Å²) in [6.45, 7) is 3.74. The van der Waals surface area contributed by atoms with Crippen LogP contribution in [0.4, 0.5) is 0 Å². The van der Waals surface area contributed by atoms with Crippen LogP contribution in [0.2, 0.25) is 0 Å². The third kappa shape index (κ3) is 7.05. The number of cyclic esters (lactones) is 2. The van der Waals surface area contributed by atoms with E-state index in [1.165, 1.54) is 13.8 Å². The van der Waals surface area contributed by atoms with E-state index >= 15 is 0 Å². The van der Waals surface area contributed by atoms with Crippen molar-refractivity contribution in [2.24, 2.45) is 23.7 Å². The normalized spacial score (nSPS) is 22.5. The van der Waals surface area contributed by atoms with Gasteiger partial charge in [0, 0.05) is 30.7 Å². The van der Waals surface area contributed by atoms with Crippen LogP contribution in [0.1, 0.15) is 27.2 Å². The van der Waals surface area contributed by atoms with Crippen LogP contribution in [-0.4, -0.2) is 36.0 Å². The zero-order chi connectivity index (χ0) is 17.9. The van der Waals surface area contributed by atoms with E-state index in [9.17, 15) is 34.2 Å². The summed E-state index contributed by atoms with van der Waals surface area (Å²) >= 11 is 0. The van der Waals surface area contributed by atoms with Crippen LogP contribution in [0, 0.1) is 23.7 Å². The van der Waals surface area contributed by atoms with Gasteiger partial charge in [0.25, 0.3) is 0 Å². The second kappa shape index (κ2) is 12.3. The number of carboxylic acids is 2. The van der Waals surface area contributed by atoms with E-state index in [4.69, 9.17) is 4.74 Å². The van der Waals surface area contributed by atoms with E-state index in [-0.39, 0.29) is 109 Å². The number of aliphatic carboxylic acids is 2. The molecule has 9 nitrogen and oxygen atoms in total. The van der Waals surface area contributed by atoms with Crippen molar-refractivity contribution in [3.8, 4) is 0 Å². The first-order valence-electron chi connectivity index (χ1n) is 6.96. The van der Waals surface area contributed by atoms with Crippen molar-refractivity contribution in [3.05, 3.63) is 0 Å². The minimum absolute atomic E-state index is 0. The number of hydrogen-bond acceptors (Lipinski definition) is 9. The van der Waals surface area contributed by atoms with Crippen LogP contribution in [0.15, 0.2) is 0 Å². The first-order valence-corrected chi connectivity index (χ1v) is 6.96. The van der Waals surface area contributed by atoms with E-state index < -0.39 is 59.6 Å². The number of hydrogen-bond donors (Lipinski definition) is 0. The maximum absolute atomic E-state index is 11.7. The van der Waals surface area contributed by atoms with Gasteiger partial charge >= 0.3 is 121 Å². The number of carbonyl (C=O) groups excluding carboxylic acids is 5. The number of ether oxygens (including phenoxy) is 2. The van der Waals surface area contributed by atoms with Crippen molar-refractivity contribution in [1.29, 1.82) is 0 Å². The van der Waals surface area contributed by atoms with Crippen molar-refractivity contribution in [2.75, 3.05) is 0 Å². The molecule has 25 heavy (non-hydrogen) atoms. The predicted molar refractivity (Wildman–Crippen MR) is 66.6 cm³/mol. The van der Waals surface area contributed by atoms with E-state index in [2.05, 4.69) is 4.74 Å². The smallest absolute Gasteiger partial charge is 0.550 e. The van der Waals surface area contributed by atoms with E-state index in [0.717, 1.165) is 6.92 Å². The maximum atomic E-state index is 11.7. The minimum Gasteiger partial charge on any atom is -0.550 e. The average molecular weight is 406 g/mol. The molecule has 1 fully saturated rings. The van der Waals surface area contributed by atoms with Gasteiger partial charge in [0.1, 0.15) is 6.10 Å². The van der Waals surface area contributed by atoms with Crippen LogP contribution >= 0.6 is 0 Å². The Morgan fingerprint density at radius 1 is 1.12 bits per heavy atom. The Bertz CT molecular complexity index is 548. The molecule has 0 bridgehead atoms. The van der Waals surface area contributed by atoms with Gasteiger partial charge in [-0.05, 0) is 6.42 Å². The van der Waals surface area contributed by atoms with Gasteiger partial charge in [-0.1, -0.05) is 13.8 Å². The van der Waals surface area contributed by atoms with Crippen LogP contribution in [0.25, 0.3) is 0 Å². The van der Waals surface area contributed by atoms with Gasteiger partial charge in [0.15, 0.2) is 0 Å². The molecule has 0 spiro atoms. The van der Waals surface area contributed by atoms with Crippen LogP contribution in [-0.2, 0) is 33.4 Å². The summed E-state index contributed by atoms with van der Waals surface area (Å²) < 4.78 is 9.17. The van der Waals surface area contributed by atoms with Gasteiger partial charge in [-0.3, -0.25) is 14.4 Å². The monoisotopic (exact) mass is 406 g/mol. The van der Waals surface area contributed by atoms with Crippen molar-refractivity contribution in [1.82, 2.24) is 0 Å². The maximum Gasteiger partial charge on any atom is 1.00 e. The molecule has 0 aliphatic carbocycles. The van der Waals surface area contributed by atoms with Gasteiger partial charge in [-0.2, -0.15) is 0 Å². The third-order valence-electron chi connectivity index (χ3n) is 3.82. The molecule has 128 valence electrons. The third-order valence-corrected chi connectivity index (χ3v) is 3.82. The molecule has 5 atom stereocenters. The molecule has 1 heterocycles. The molecular weight excluding hydrogens is 390 g/mol. The average Bonchev–Trinajstić information content (AvgIpc) is 2.67. The fourth-order valence-electron chi connectivity index (χ4n) is 2.74. The van der Waals surface area contributed by atoms with Gasteiger partial charge in [0.2, 0.25) is 0 Å². The summed E-state index contributed by atoms with van der Waals surface area (Å²) in [5.74, 6) is -13.1. The Balaban J connectivity index is 0. The molecule has 0 aromatic carbocycles. The van der Waals surface area contributed by atoms with Gasteiger partial charge in [-0.25, -0.2) is 0 Å². The molecule has 11 heteroatoms. The Hall–Kier alpha value is 0.823. The summed E-state index contributed by atoms with van der Waals surface area (Å²) in [6, 6.07) is 0. The summed E-state index contributed by atoms with van der Waals surface area (Å²) in [5.41, 5.74) is 0. The molecule has 0 aromatic heterocycles. The van der Waals surface area contributed by atoms with Crippen LogP contribution in [0.5, 0.6) is 0 Å². The SMILES string of the molecule is CCC(OC(C)=O)C(C(=O)[O-])C(C(=O)[O-])C1C(=O)OC(=O)C1C.[K+].[K+]. The summed E-state index contributed by atoms with van der Waals surface area (Å²) in [4.78, 5) is 57.2. The second-order valence-corrected chi connectivity index (χ2v) is 5.30. The molecule has 0 saturated carbocycles. The second-order valence-electron chi connectivity index (χ2n) is 5.30. The predicted octanol–water partition coefficient (Wildman–Crippen LogP) is -8.60. The molecule has 5 unspecified atom stereocenters. The standard InChI is InChI=1S/C14H18O9.2K/c1-4-7(22-6(3)15)9(11(16)17)10(12(18)19)8-5(2)13(20)23-14(8)21;;/h5,7-10H,4H2,1-3H3,(H,16,17)(H,18,19);;/q;2*+1/p-2. The number of carboxylic acid groups (broad SMARTS) is 2. The number of rotatable bonds is 7. The fraction of sp³-hybridized carbons (Fsp3) is 0.643. The molecular formula is C14H16K2O9. The topological polar surface area (TPSA) is 150 Å². The van der Waals surface area contributed by atoms with E-state index in [1.807, 2.05) is 0 Å². The molecule has 1 aliphatic rings. The Morgan fingerprint density at radius 3 is 1.92 bits per heavy atom. The fourth-order valence-corrected chi connectivity index (χ4v) is 2.74. The summed E-state index contributed by atoms with van der Waals surface area (Å²) in [7, 11) is 0. The Labute approximate surface area is 229 Å². The van der Waals surface area contributed by atoms with Crippen molar-refractivity contribution < 1.29 is 146 Å². The van der Waals surface area contributed by atoms with E-state index in [1.54, 1.807) is 0 Å². The summed E-state index contributed by atoms with van der Waals surface area (Å²) in [5, 5.41) is 22.9. The molecule has 1 saturated heterocycles. The van der Waals surface area contributed by atoms with Crippen LogP contribution < -0.4 is 113 Å². The molecule has 1 rings (SSSR count). The Kier molecular flexibility index (Phi) is 13.8. The van der Waals surface area contributed by atoms with Gasteiger partial charge in [0.05, 0.1) is 11.8 Å². The van der Waals surface area contributed by atoms with Crippen LogP contribution in [0.3, 0.4) is 0 Å². The zero-order valence-electron chi connectivity index (χ0n) is 14.8. The van der Waals surface area contributed by atoms with E-state index in [0.29, 0.717) is 0 Å². The first-order chi connectivity index (χ1) is 10.6. The largest absolute Gasteiger partial charge is 1.00 e. The Morgan fingerprint density at radius 2 is 1.64 bits per heavy atom. The summed E-state index contributed by atoms with van der Waals surface area (Å²) in [6.07, 6.45) is -1.39. The molecule has 0 aromatic rings.